The third kappa shape index (κ3) is 6.26. The standard InChI is InChI=1S/C17H26N2O3/c1-17(2,3)16(21)18-10-9-15(20)19-11-13-7-5-6-8-14(13)12-22-4/h5-8H,9-12H2,1-4H3,(H,18,21)(H,19,20). The molecule has 0 bridgehead atoms. The van der Waals surface area contributed by atoms with Crippen LogP contribution in [-0.2, 0) is 27.5 Å². The lowest BCUT2D eigenvalue weighted by Crippen LogP contribution is -2.37. The highest BCUT2D eigenvalue weighted by molar-refractivity contribution is 5.82. The quantitative estimate of drug-likeness (QED) is 0.809. The van der Waals surface area contributed by atoms with E-state index in [-0.39, 0.29) is 18.2 Å². The van der Waals surface area contributed by atoms with E-state index >= 15 is 0 Å². The average molecular weight is 306 g/mol. The zero-order valence-electron chi connectivity index (χ0n) is 13.9. The SMILES string of the molecule is COCc1ccccc1CNC(=O)CCNC(=O)C(C)(C)C. The fourth-order valence-corrected chi connectivity index (χ4v) is 1.86. The molecular formula is C17H26N2O3. The fourth-order valence-electron chi connectivity index (χ4n) is 1.86. The summed E-state index contributed by atoms with van der Waals surface area (Å²) in [6.45, 7) is 6.86. The molecule has 0 atom stereocenters. The summed E-state index contributed by atoms with van der Waals surface area (Å²) in [5.41, 5.74) is 1.66. The highest BCUT2D eigenvalue weighted by atomic mass is 16.5. The Morgan fingerprint density at radius 3 is 2.32 bits per heavy atom. The van der Waals surface area contributed by atoms with Gasteiger partial charge in [-0.3, -0.25) is 9.59 Å². The Labute approximate surface area is 132 Å². The van der Waals surface area contributed by atoms with Crippen LogP contribution >= 0.6 is 0 Å². The van der Waals surface area contributed by atoms with E-state index in [1.54, 1.807) is 7.11 Å². The number of carbonyl (C=O) groups excluding carboxylic acids is 2. The van der Waals surface area contributed by atoms with Crippen LogP contribution in [-0.4, -0.2) is 25.5 Å². The van der Waals surface area contributed by atoms with Crippen LogP contribution in [0, 0.1) is 5.41 Å². The monoisotopic (exact) mass is 306 g/mol. The maximum absolute atomic E-state index is 11.8. The van der Waals surface area contributed by atoms with Crippen molar-refractivity contribution >= 4 is 11.8 Å². The molecule has 1 rings (SSSR count). The summed E-state index contributed by atoms with van der Waals surface area (Å²) in [5.74, 6) is -0.132. The predicted molar refractivity (Wildman–Crippen MR) is 86.1 cm³/mol. The Balaban J connectivity index is 2.36. The van der Waals surface area contributed by atoms with Crippen molar-refractivity contribution in [3.05, 3.63) is 35.4 Å². The van der Waals surface area contributed by atoms with Gasteiger partial charge in [0.2, 0.25) is 11.8 Å². The van der Waals surface area contributed by atoms with Crippen molar-refractivity contribution in [3.63, 3.8) is 0 Å². The second-order valence-electron chi connectivity index (χ2n) is 6.23. The number of hydrogen-bond donors (Lipinski definition) is 2. The molecule has 0 radical (unpaired) electrons. The Morgan fingerprint density at radius 2 is 1.73 bits per heavy atom. The summed E-state index contributed by atoms with van der Waals surface area (Å²) in [4.78, 5) is 23.5. The van der Waals surface area contributed by atoms with Crippen LogP contribution in [0.15, 0.2) is 24.3 Å². The lowest BCUT2D eigenvalue weighted by atomic mass is 9.96. The summed E-state index contributed by atoms with van der Waals surface area (Å²) in [5, 5.41) is 5.63. The largest absolute Gasteiger partial charge is 0.380 e. The molecule has 22 heavy (non-hydrogen) atoms. The highest BCUT2D eigenvalue weighted by Crippen LogP contribution is 2.12. The van der Waals surface area contributed by atoms with Crippen LogP contribution in [0.25, 0.3) is 0 Å². The lowest BCUT2D eigenvalue weighted by Gasteiger charge is -2.17. The molecule has 122 valence electrons. The van der Waals surface area contributed by atoms with E-state index in [1.165, 1.54) is 0 Å². The van der Waals surface area contributed by atoms with Gasteiger partial charge in [0, 0.05) is 32.0 Å². The molecular weight excluding hydrogens is 280 g/mol. The van der Waals surface area contributed by atoms with Crippen molar-refractivity contribution in [1.82, 2.24) is 10.6 Å². The summed E-state index contributed by atoms with van der Waals surface area (Å²) >= 11 is 0. The van der Waals surface area contributed by atoms with Crippen molar-refractivity contribution < 1.29 is 14.3 Å². The van der Waals surface area contributed by atoms with Gasteiger partial charge in [0.05, 0.1) is 6.61 Å². The Hall–Kier alpha value is -1.88. The minimum atomic E-state index is -0.435. The third-order valence-corrected chi connectivity index (χ3v) is 3.21. The number of benzene rings is 1. The highest BCUT2D eigenvalue weighted by Gasteiger charge is 2.20. The van der Waals surface area contributed by atoms with Crippen molar-refractivity contribution in [1.29, 1.82) is 0 Å². The molecule has 2 N–H and O–H groups in total. The first-order valence-corrected chi connectivity index (χ1v) is 7.45. The molecule has 0 aromatic heterocycles. The minimum Gasteiger partial charge on any atom is -0.380 e. The van der Waals surface area contributed by atoms with Crippen molar-refractivity contribution in [2.45, 2.75) is 40.3 Å². The van der Waals surface area contributed by atoms with Crippen LogP contribution < -0.4 is 10.6 Å². The molecule has 0 aliphatic heterocycles. The maximum Gasteiger partial charge on any atom is 0.225 e. The second-order valence-corrected chi connectivity index (χ2v) is 6.23. The van der Waals surface area contributed by atoms with E-state index in [1.807, 2.05) is 45.0 Å². The lowest BCUT2D eigenvalue weighted by molar-refractivity contribution is -0.128. The molecule has 0 aliphatic rings. The van der Waals surface area contributed by atoms with Gasteiger partial charge in [-0.05, 0) is 11.1 Å². The minimum absolute atomic E-state index is 0.0502. The van der Waals surface area contributed by atoms with Gasteiger partial charge < -0.3 is 15.4 Å². The first-order chi connectivity index (χ1) is 10.3. The van der Waals surface area contributed by atoms with Gasteiger partial charge in [-0.1, -0.05) is 45.0 Å². The van der Waals surface area contributed by atoms with Gasteiger partial charge in [-0.2, -0.15) is 0 Å². The zero-order chi connectivity index (χ0) is 16.6. The van der Waals surface area contributed by atoms with E-state index in [4.69, 9.17) is 4.74 Å². The normalized spacial score (nSPS) is 11.1. The molecule has 0 heterocycles. The third-order valence-electron chi connectivity index (χ3n) is 3.21. The predicted octanol–water partition coefficient (Wildman–Crippen LogP) is 2.00. The molecule has 0 aliphatic carbocycles. The molecule has 0 fully saturated rings. The van der Waals surface area contributed by atoms with Gasteiger partial charge in [-0.25, -0.2) is 0 Å². The average Bonchev–Trinajstić information content (AvgIpc) is 2.45. The number of methoxy groups -OCH3 is 1. The Morgan fingerprint density at radius 1 is 1.09 bits per heavy atom. The molecule has 5 heteroatoms. The van der Waals surface area contributed by atoms with Gasteiger partial charge >= 0.3 is 0 Å². The van der Waals surface area contributed by atoms with Crippen molar-refractivity contribution in [2.75, 3.05) is 13.7 Å². The van der Waals surface area contributed by atoms with Crippen LogP contribution in [0.5, 0.6) is 0 Å². The van der Waals surface area contributed by atoms with Crippen molar-refractivity contribution in [2.24, 2.45) is 5.41 Å². The number of rotatable bonds is 7. The summed E-state index contributed by atoms with van der Waals surface area (Å²) < 4.78 is 5.14. The number of nitrogens with one attached hydrogen (secondary N) is 2. The topological polar surface area (TPSA) is 67.4 Å². The van der Waals surface area contributed by atoms with E-state index < -0.39 is 5.41 Å². The molecule has 1 aromatic rings. The number of carbonyl (C=O) groups is 2. The number of amides is 2. The summed E-state index contributed by atoms with van der Waals surface area (Å²) in [7, 11) is 1.65. The molecule has 5 nitrogen and oxygen atoms in total. The molecule has 0 spiro atoms. The first-order valence-electron chi connectivity index (χ1n) is 7.45. The summed E-state index contributed by atoms with van der Waals surface area (Å²) in [6.07, 6.45) is 0.272. The van der Waals surface area contributed by atoms with E-state index in [0.29, 0.717) is 19.7 Å². The van der Waals surface area contributed by atoms with Crippen LogP contribution in [0.2, 0.25) is 0 Å². The Bertz CT molecular complexity index is 507. The molecule has 0 unspecified atom stereocenters. The maximum atomic E-state index is 11.8. The van der Waals surface area contributed by atoms with E-state index in [2.05, 4.69) is 10.6 Å². The smallest absolute Gasteiger partial charge is 0.225 e. The van der Waals surface area contributed by atoms with Crippen LogP contribution in [0.4, 0.5) is 0 Å². The van der Waals surface area contributed by atoms with Crippen LogP contribution in [0.1, 0.15) is 38.3 Å². The van der Waals surface area contributed by atoms with Crippen molar-refractivity contribution in [3.8, 4) is 0 Å². The molecule has 0 saturated carbocycles. The van der Waals surface area contributed by atoms with Gasteiger partial charge in [0.15, 0.2) is 0 Å². The zero-order valence-corrected chi connectivity index (χ0v) is 13.9. The summed E-state index contributed by atoms with van der Waals surface area (Å²) in [6, 6.07) is 7.83. The Kier molecular flexibility index (Phi) is 7.05. The fraction of sp³-hybridized carbons (Fsp3) is 0.529. The first kappa shape index (κ1) is 18.2. The number of hydrogen-bond acceptors (Lipinski definition) is 3. The van der Waals surface area contributed by atoms with E-state index in [9.17, 15) is 9.59 Å². The molecule has 1 aromatic carbocycles. The second kappa shape index (κ2) is 8.54. The van der Waals surface area contributed by atoms with Gasteiger partial charge in [0.25, 0.3) is 0 Å². The van der Waals surface area contributed by atoms with Gasteiger partial charge in [-0.15, -0.1) is 0 Å². The van der Waals surface area contributed by atoms with E-state index in [0.717, 1.165) is 11.1 Å². The molecule has 2 amide bonds. The number of ether oxygens (including phenoxy) is 1. The molecule has 0 saturated heterocycles. The van der Waals surface area contributed by atoms with Crippen LogP contribution in [0.3, 0.4) is 0 Å². The van der Waals surface area contributed by atoms with Gasteiger partial charge in [0.1, 0.15) is 0 Å².